The molecule has 28 heavy (non-hydrogen) atoms. The molecule has 0 saturated heterocycles. The Bertz CT molecular complexity index is 1170. The molecular weight excluding hydrogens is 362 g/mol. The molecule has 0 aliphatic heterocycles. The van der Waals surface area contributed by atoms with Gasteiger partial charge in [-0.1, -0.05) is 0 Å². The van der Waals surface area contributed by atoms with Gasteiger partial charge in [-0.05, 0) is 37.3 Å². The standard InChI is InChI=1S/C19H17N5O4/c1-10-3-4-16(28-10)15-9-17(24-23-15)22-19(26)21-11-7-13(18(25)27-2)12-5-6-20-14(12)8-11/h3-9,20H,1-2H3,(H3,21,22,23,24,26). The molecule has 0 unspecified atom stereocenters. The number of aryl methyl sites for hydroxylation is 1. The van der Waals surface area contributed by atoms with Crippen LogP contribution in [0.25, 0.3) is 22.4 Å². The number of anilines is 2. The molecule has 142 valence electrons. The average Bonchev–Trinajstić information content (AvgIpc) is 3.40. The summed E-state index contributed by atoms with van der Waals surface area (Å²) in [6, 6.07) is 9.86. The van der Waals surface area contributed by atoms with Crippen LogP contribution >= 0.6 is 0 Å². The summed E-state index contributed by atoms with van der Waals surface area (Å²) in [6.45, 7) is 1.84. The van der Waals surface area contributed by atoms with Gasteiger partial charge in [0.15, 0.2) is 11.6 Å². The van der Waals surface area contributed by atoms with Crippen LogP contribution in [0.15, 0.2) is 47.0 Å². The van der Waals surface area contributed by atoms with E-state index in [-0.39, 0.29) is 0 Å². The first-order valence-corrected chi connectivity index (χ1v) is 8.43. The first kappa shape index (κ1) is 17.4. The molecule has 0 bridgehead atoms. The second-order valence-electron chi connectivity index (χ2n) is 6.11. The van der Waals surface area contributed by atoms with Crippen molar-refractivity contribution in [1.82, 2.24) is 15.2 Å². The number of amides is 2. The molecule has 0 aliphatic carbocycles. The van der Waals surface area contributed by atoms with Crippen LogP contribution in [0.3, 0.4) is 0 Å². The SMILES string of the molecule is COC(=O)c1cc(NC(=O)Nc2cc(-c3ccc(C)o3)[nH]n2)cc2[nH]ccc12. The zero-order chi connectivity index (χ0) is 19.7. The minimum absolute atomic E-state index is 0.329. The van der Waals surface area contributed by atoms with Crippen LogP contribution in [0, 0.1) is 6.92 Å². The number of carbonyl (C=O) groups is 2. The third-order valence-electron chi connectivity index (χ3n) is 4.16. The number of esters is 1. The highest BCUT2D eigenvalue weighted by atomic mass is 16.5. The first-order chi connectivity index (χ1) is 13.5. The monoisotopic (exact) mass is 379 g/mol. The number of rotatable bonds is 4. The van der Waals surface area contributed by atoms with Gasteiger partial charge in [0.2, 0.25) is 0 Å². The summed E-state index contributed by atoms with van der Waals surface area (Å²) in [5.74, 6) is 1.24. The Hall–Kier alpha value is -4.01. The van der Waals surface area contributed by atoms with Crippen molar-refractivity contribution in [2.75, 3.05) is 17.7 Å². The highest BCUT2D eigenvalue weighted by Crippen LogP contribution is 2.25. The Morgan fingerprint density at radius 3 is 2.75 bits per heavy atom. The molecule has 0 aliphatic rings. The van der Waals surface area contributed by atoms with Crippen LogP contribution in [-0.4, -0.2) is 34.3 Å². The molecule has 3 aromatic heterocycles. The van der Waals surface area contributed by atoms with E-state index >= 15 is 0 Å². The lowest BCUT2D eigenvalue weighted by Gasteiger charge is -2.08. The smallest absolute Gasteiger partial charge is 0.338 e. The summed E-state index contributed by atoms with van der Waals surface area (Å²) in [7, 11) is 1.31. The third kappa shape index (κ3) is 3.32. The van der Waals surface area contributed by atoms with Crippen molar-refractivity contribution >= 4 is 34.4 Å². The van der Waals surface area contributed by atoms with Crippen molar-refractivity contribution in [3.63, 3.8) is 0 Å². The number of nitrogens with one attached hydrogen (secondary N) is 4. The van der Waals surface area contributed by atoms with Gasteiger partial charge in [-0.15, -0.1) is 0 Å². The minimum atomic E-state index is -0.504. The number of carbonyl (C=O) groups excluding carboxylic acids is 2. The number of hydrogen-bond acceptors (Lipinski definition) is 5. The van der Waals surface area contributed by atoms with Gasteiger partial charge in [-0.2, -0.15) is 5.10 Å². The quantitative estimate of drug-likeness (QED) is 0.400. The number of nitrogens with zero attached hydrogens (tertiary/aromatic N) is 1. The second-order valence-corrected chi connectivity index (χ2v) is 6.11. The average molecular weight is 379 g/mol. The van der Waals surface area contributed by atoms with Crippen molar-refractivity contribution in [1.29, 1.82) is 0 Å². The van der Waals surface area contributed by atoms with Gasteiger partial charge in [0.05, 0.1) is 12.7 Å². The molecule has 4 N–H and O–H groups in total. The molecule has 0 radical (unpaired) electrons. The molecule has 4 aromatic rings. The van der Waals surface area contributed by atoms with Gasteiger partial charge >= 0.3 is 12.0 Å². The van der Waals surface area contributed by atoms with Gasteiger partial charge in [-0.25, -0.2) is 9.59 Å². The van der Waals surface area contributed by atoms with E-state index in [0.717, 1.165) is 5.76 Å². The van der Waals surface area contributed by atoms with Gasteiger partial charge in [0, 0.05) is 28.9 Å². The highest BCUT2D eigenvalue weighted by Gasteiger charge is 2.15. The molecule has 1 aromatic carbocycles. The van der Waals surface area contributed by atoms with E-state index in [1.54, 1.807) is 30.5 Å². The number of urea groups is 1. The van der Waals surface area contributed by atoms with E-state index in [1.165, 1.54) is 7.11 Å². The van der Waals surface area contributed by atoms with Crippen molar-refractivity contribution in [2.45, 2.75) is 6.92 Å². The van der Waals surface area contributed by atoms with Gasteiger partial charge in [-0.3, -0.25) is 10.4 Å². The lowest BCUT2D eigenvalue weighted by molar-refractivity contribution is 0.0603. The Labute approximate surface area is 159 Å². The van der Waals surface area contributed by atoms with Gasteiger partial charge in [0.25, 0.3) is 0 Å². The molecule has 2 amide bonds. The molecule has 9 heteroatoms. The number of benzene rings is 1. The zero-order valence-electron chi connectivity index (χ0n) is 15.1. The topological polar surface area (TPSA) is 125 Å². The van der Waals surface area contributed by atoms with Crippen molar-refractivity contribution in [3.05, 3.63) is 53.9 Å². The molecular formula is C19H17N5O4. The zero-order valence-corrected chi connectivity index (χ0v) is 15.1. The second kappa shape index (κ2) is 6.95. The van der Waals surface area contributed by atoms with E-state index in [1.807, 2.05) is 19.1 Å². The summed E-state index contributed by atoms with van der Waals surface area (Å²) in [6.07, 6.45) is 1.71. The van der Waals surface area contributed by atoms with Crippen LogP contribution in [0.2, 0.25) is 0 Å². The fourth-order valence-corrected chi connectivity index (χ4v) is 2.89. The van der Waals surface area contributed by atoms with Crippen LogP contribution in [0.5, 0.6) is 0 Å². The third-order valence-corrected chi connectivity index (χ3v) is 4.16. The maximum Gasteiger partial charge on any atom is 0.338 e. The number of hydrogen-bond donors (Lipinski definition) is 4. The number of methoxy groups -OCH3 is 1. The van der Waals surface area contributed by atoms with E-state index < -0.39 is 12.0 Å². The molecule has 9 nitrogen and oxygen atoms in total. The predicted octanol–water partition coefficient (Wildman–Crippen LogP) is 3.89. The highest BCUT2D eigenvalue weighted by molar-refractivity contribution is 6.07. The van der Waals surface area contributed by atoms with E-state index in [9.17, 15) is 9.59 Å². The molecule has 0 atom stereocenters. The molecule has 4 rings (SSSR count). The molecule has 0 fully saturated rings. The molecule has 3 heterocycles. The van der Waals surface area contributed by atoms with Crippen LogP contribution < -0.4 is 10.6 Å². The van der Waals surface area contributed by atoms with E-state index in [4.69, 9.17) is 9.15 Å². The van der Waals surface area contributed by atoms with Crippen molar-refractivity contribution in [3.8, 4) is 11.5 Å². The summed E-state index contributed by atoms with van der Waals surface area (Å²) in [5, 5.41) is 12.9. The van der Waals surface area contributed by atoms with Crippen molar-refractivity contribution < 1.29 is 18.7 Å². The number of aromatic amines is 2. The number of aromatic nitrogens is 3. The lowest BCUT2D eigenvalue weighted by atomic mass is 10.1. The number of H-pyrrole nitrogens is 2. The van der Waals surface area contributed by atoms with Crippen LogP contribution in [-0.2, 0) is 4.74 Å². The number of furan rings is 1. The lowest BCUT2D eigenvalue weighted by Crippen LogP contribution is -2.20. The largest absolute Gasteiger partial charge is 0.465 e. The normalized spacial score (nSPS) is 10.8. The Morgan fingerprint density at radius 2 is 2.00 bits per heavy atom. The Balaban J connectivity index is 1.51. The summed E-state index contributed by atoms with van der Waals surface area (Å²) < 4.78 is 10.3. The number of fused-ring (bicyclic) bond motifs is 1. The summed E-state index contributed by atoms with van der Waals surface area (Å²) in [4.78, 5) is 27.4. The fraction of sp³-hybridized carbons (Fsp3) is 0.105. The van der Waals surface area contributed by atoms with E-state index in [2.05, 4.69) is 25.8 Å². The minimum Gasteiger partial charge on any atom is -0.465 e. The summed E-state index contributed by atoms with van der Waals surface area (Å²) >= 11 is 0. The Kier molecular flexibility index (Phi) is 4.32. The maximum atomic E-state index is 12.3. The predicted molar refractivity (Wildman–Crippen MR) is 103 cm³/mol. The maximum absolute atomic E-state index is 12.3. The summed E-state index contributed by atoms with van der Waals surface area (Å²) in [5.41, 5.74) is 2.13. The van der Waals surface area contributed by atoms with Gasteiger partial charge < -0.3 is 19.5 Å². The number of ether oxygens (including phenoxy) is 1. The molecule has 0 spiro atoms. The van der Waals surface area contributed by atoms with E-state index in [0.29, 0.717) is 39.4 Å². The fourth-order valence-electron chi connectivity index (χ4n) is 2.89. The van der Waals surface area contributed by atoms with Crippen LogP contribution in [0.1, 0.15) is 16.1 Å². The Morgan fingerprint density at radius 1 is 1.14 bits per heavy atom. The van der Waals surface area contributed by atoms with Crippen LogP contribution in [0.4, 0.5) is 16.3 Å². The molecule has 0 saturated carbocycles. The first-order valence-electron chi connectivity index (χ1n) is 8.43. The van der Waals surface area contributed by atoms with Gasteiger partial charge in [0.1, 0.15) is 11.5 Å². The van der Waals surface area contributed by atoms with Crippen molar-refractivity contribution in [2.24, 2.45) is 0 Å².